The molecule has 0 bridgehead atoms. The Kier molecular flexibility index (Phi) is 4.54. The Labute approximate surface area is 126 Å². The minimum absolute atomic E-state index is 0.0203. The minimum atomic E-state index is -1.14. The van der Waals surface area contributed by atoms with Crippen LogP contribution in [0.5, 0.6) is 5.75 Å². The molecule has 1 heterocycles. The van der Waals surface area contributed by atoms with Crippen LogP contribution in [0.25, 0.3) is 0 Å². The lowest BCUT2D eigenvalue weighted by molar-refractivity contribution is -0.141. The van der Waals surface area contributed by atoms with Crippen molar-refractivity contribution in [2.45, 2.75) is 18.6 Å². The zero-order chi connectivity index (χ0) is 15.6. The quantitative estimate of drug-likeness (QED) is 0.783. The summed E-state index contributed by atoms with van der Waals surface area (Å²) in [6.07, 6.45) is -0.816. The van der Waals surface area contributed by atoms with Crippen molar-refractivity contribution in [3.8, 4) is 5.75 Å². The number of aliphatic hydroxyl groups excluding tert-OH is 1. The average Bonchev–Trinajstić information content (AvgIpc) is 2.83. The van der Waals surface area contributed by atoms with Crippen molar-refractivity contribution in [1.82, 2.24) is 4.90 Å². The molecule has 0 aliphatic carbocycles. The van der Waals surface area contributed by atoms with Gasteiger partial charge in [0.2, 0.25) is 0 Å². The molecule has 1 saturated heterocycles. The highest BCUT2D eigenvalue weighted by molar-refractivity contribution is 6.32. The van der Waals surface area contributed by atoms with Crippen LogP contribution in [-0.4, -0.2) is 52.9 Å². The summed E-state index contributed by atoms with van der Waals surface area (Å²) in [6, 6.07) is 3.04. The highest BCUT2D eigenvalue weighted by Gasteiger charge is 2.39. The number of carbonyl (C=O) groups excluding carboxylic acids is 1. The van der Waals surface area contributed by atoms with Crippen LogP contribution in [0.4, 0.5) is 10.5 Å². The average molecular weight is 315 g/mol. The summed E-state index contributed by atoms with van der Waals surface area (Å²) in [5.41, 5.74) is 0.423. The van der Waals surface area contributed by atoms with Gasteiger partial charge in [-0.1, -0.05) is 11.6 Å². The van der Waals surface area contributed by atoms with E-state index in [1.54, 1.807) is 12.1 Å². The molecule has 1 aromatic rings. The first kappa shape index (κ1) is 15.4. The van der Waals surface area contributed by atoms with Crippen LogP contribution in [0.1, 0.15) is 6.42 Å². The van der Waals surface area contributed by atoms with Gasteiger partial charge in [0.05, 0.1) is 18.2 Å². The van der Waals surface area contributed by atoms with Crippen molar-refractivity contribution >= 4 is 29.3 Å². The summed E-state index contributed by atoms with van der Waals surface area (Å²) in [5.74, 6) is -0.749. The topological polar surface area (TPSA) is 99.1 Å². The van der Waals surface area contributed by atoms with Crippen LogP contribution >= 0.6 is 11.6 Å². The van der Waals surface area contributed by atoms with E-state index in [2.05, 4.69) is 5.32 Å². The third-order valence-corrected chi connectivity index (χ3v) is 3.54. The van der Waals surface area contributed by atoms with Crippen molar-refractivity contribution < 1.29 is 24.5 Å². The van der Waals surface area contributed by atoms with Gasteiger partial charge < -0.3 is 25.2 Å². The summed E-state index contributed by atoms with van der Waals surface area (Å²) >= 11 is 5.88. The largest absolute Gasteiger partial charge is 0.495 e. The number of β-amino-alcohol motifs (C(OH)–C–C–N with tert-alkyl or cyclic N) is 1. The van der Waals surface area contributed by atoms with Crippen LogP contribution in [0.3, 0.4) is 0 Å². The van der Waals surface area contributed by atoms with Gasteiger partial charge in [0.25, 0.3) is 0 Å². The van der Waals surface area contributed by atoms with E-state index < -0.39 is 24.1 Å². The van der Waals surface area contributed by atoms with Crippen molar-refractivity contribution in [3.05, 3.63) is 23.2 Å². The highest BCUT2D eigenvalue weighted by atomic mass is 35.5. The number of amides is 2. The van der Waals surface area contributed by atoms with Gasteiger partial charge in [0.15, 0.2) is 0 Å². The maximum atomic E-state index is 12.1. The number of aliphatic hydroxyl groups is 1. The molecule has 0 aromatic heterocycles. The molecule has 1 aliphatic rings. The van der Waals surface area contributed by atoms with Crippen LogP contribution in [0.15, 0.2) is 18.2 Å². The fourth-order valence-electron chi connectivity index (χ4n) is 2.21. The van der Waals surface area contributed by atoms with Crippen molar-refractivity contribution in [2.75, 3.05) is 19.0 Å². The fourth-order valence-corrected chi connectivity index (χ4v) is 2.40. The maximum absolute atomic E-state index is 12.1. The molecule has 0 radical (unpaired) electrons. The number of hydrogen-bond acceptors (Lipinski definition) is 4. The van der Waals surface area contributed by atoms with E-state index >= 15 is 0 Å². The first-order valence-corrected chi connectivity index (χ1v) is 6.62. The van der Waals surface area contributed by atoms with Crippen molar-refractivity contribution in [2.24, 2.45) is 0 Å². The molecule has 2 amide bonds. The van der Waals surface area contributed by atoms with Gasteiger partial charge in [0.1, 0.15) is 11.8 Å². The SMILES string of the molecule is COc1cc(NC(=O)N2C[C@@H](O)C[C@H]2C(=O)O)ccc1Cl. The van der Waals surface area contributed by atoms with Gasteiger partial charge in [-0.25, -0.2) is 9.59 Å². The van der Waals surface area contributed by atoms with E-state index in [9.17, 15) is 14.7 Å². The predicted molar refractivity (Wildman–Crippen MR) is 75.8 cm³/mol. The number of urea groups is 1. The Morgan fingerprint density at radius 3 is 2.81 bits per heavy atom. The highest BCUT2D eigenvalue weighted by Crippen LogP contribution is 2.28. The number of aliphatic carboxylic acids is 1. The third-order valence-electron chi connectivity index (χ3n) is 3.23. The molecule has 8 heteroatoms. The molecule has 2 rings (SSSR count). The Balaban J connectivity index is 2.12. The number of nitrogens with zero attached hydrogens (tertiary/aromatic N) is 1. The normalized spacial score (nSPS) is 21.2. The zero-order valence-corrected chi connectivity index (χ0v) is 12.0. The second-order valence-electron chi connectivity index (χ2n) is 4.68. The van der Waals surface area contributed by atoms with E-state index in [0.29, 0.717) is 16.5 Å². The number of carboxylic acids is 1. The summed E-state index contributed by atoms with van der Waals surface area (Å²) < 4.78 is 5.04. The van der Waals surface area contributed by atoms with Gasteiger partial charge >= 0.3 is 12.0 Å². The zero-order valence-electron chi connectivity index (χ0n) is 11.2. The lowest BCUT2D eigenvalue weighted by Crippen LogP contribution is -2.43. The van der Waals surface area contributed by atoms with Crippen LogP contribution in [-0.2, 0) is 4.79 Å². The molecular formula is C13H15ClN2O5. The molecule has 0 spiro atoms. The summed E-state index contributed by atoms with van der Waals surface area (Å²) in [5, 5.41) is 21.6. The molecule has 21 heavy (non-hydrogen) atoms. The lowest BCUT2D eigenvalue weighted by atomic mass is 10.2. The molecule has 1 aromatic carbocycles. The van der Waals surface area contributed by atoms with E-state index in [1.165, 1.54) is 13.2 Å². The Hall–Kier alpha value is -1.99. The van der Waals surface area contributed by atoms with E-state index in [0.717, 1.165) is 4.90 Å². The second kappa shape index (κ2) is 6.19. The van der Waals surface area contributed by atoms with Crippen LogP contribution in [0.2, 0.25) is 5.02 Å². The molecule has 3 N–H and O–H groups in total. The van der Waals surface area contributed by atoms with Crippen LogP contribution in [0, 0.1) is 0 Å². The van der Waals surface area contributed by atoms with E-state index in [-0.39, 0.29) is 13.0 Å². The first-order valence-electron chi connectivity index (χ1n) is 6.24. The molecule has 0 unspecified atom stereocenters. The summed E-state index contributed by atoms with van der Waals surface area (Å²) in [7, 11) is 1.45. The summed E-state index contributed by atoms with van der Waals surface area (Å²) in [4.78, 5) is 24.3. The van der Waals surface area contributed by atoms with Gasteiger partial charge in [0, 0.05) is 24.7 Å². The summed E-state index contributed by atoms with van der Waals surface area (Å²) in [6.45, 7) is -0.0203. The van der Waals surface area contributed by atoms with Gasteiger partial charge in [-0.2, -0.15) is 0 Å². The number of hydrogen-bond donors (Lipinski definition) is 3. The predicted octanol–water partition coefficient (Wildman–Crippen LogP) is 1.40. The molecule has 1 aliphatic heterocycles. The first-order chi connectivity index (χ1) is 9.92. The fraction of sp³-hybridized carbons (Fsp3) is 0.385. The second-order valence-corrected chi connectivity index (χ2v) is 5.08. The molecule has 2 atom stereocenters. The molecule has 114 valence electrons. The number of benzene rings is 1. The monoisotopic (exact) mass is 314 g/mol. The van der Waals surface area contributed by atoms with Gasteiger partial charge in [-0.05, 0) is 12.1 Å². The van der Waals surface area contributed by atoms with E-state index in [4.69, 9.17) is 21.4 Å². The van der Waals surface area contributed by atoms with Gasteiger partial charge in [-0.15, -0.1) is 0 Å². The lowest BCUT2D eigenvalue weighted by Gasteiger charge is -2.21. The van der Waals surface area contributed by atoms with E-state index in [1.807, 2.05) is 0 Å². The van der Waals surface area contributed by atoms with Gasteiger partial charge in [-0.3, -0.25) is 0 Å². The number of nitrogens with one attached hydrogen (secondary N) is 1. The molecular weight excluding hydrogens is 300 g/mol. The number of carboxylic acid groups (broad SMARTS) is 1. The number of methoxy groups -OCH3 is 1. The molecule has 1 fully saturated rings. The smallest absolute Gasteiger partial charge is 0.326 e. The molecule has 7 nitrogen and oxygen atoms in total. The minimum Gasteiger partial charge on any atom is -0.495 e. The molecule has 0 saturated carbocycles. The number of ether oxygens (including phenoxy) is 1. The van der Waals surface area contributed by atoms with Crippen molar-refractivity contribution in [1.29, 1.82) is 0 Å². The maximum Gasteiger partial charge on any atom is 0.326 e. The Bertz CT molecular complexity index is 565. The standard InChI is InChI=1S/C13H15ClN2O5/c1-21-11-4-7(2-3-9(11)14)15-13(20)16-6-8(17)5-10(16)12(18)19/h2-4,8,10,17H,5-6H2,1H3,(H,15,20)(H,18,19)/t8-,10-/m0/s1. The Morgan fingerprint density at radius 2 is 2.19 bits per heavy atom. The van der Waals surface area contributed by atoms with Crippen LogP contribution < -0.4 is 10.1 Å². The number of carbonyl (C=O) groups is 2. The number of likely N-dealkylation sites (tertiary alicyclic amines) is 1. The number of halogens is 1. The number of rotatable bonds is 3. The number of anilines is 1. The third kappa shape index (κ3) is 3.37. The Morgan fingerprint density at radius 1 is 1.48 bits per heavy atom. The van der Waals surface area contributed by atoms with Crippen molar-refractivity contribution in [3.63, 3.8) is 0 Å².